The van der Waals surface area contributed by atoms with Crippen LogP contribution in [-0.2, 0) is 4.74 Å². The lowest BCUT2D eigenvalue weighted by Crippen LogP contribution is -2.07. The number of ether oxygens (including phenoxy) is 1. The molecule has 0 fully saturated rings. The zero-order chi connectivity index (χ0) is 13.1. The average molecular weight is 242 g/mol. The first-order valence-electron chi connectivity index (χ1n) is 5.61. The number of phenols is 1. The Balaban J connectivity index is 2.43. The van der Waals surface area contributed by atoms with Crippen LogP contribution in [0.5, 0.6) is 5.75 Å². The smallest absolute Gasteiger partial charge is 0.339 e. The summed E-state index contributed by atoms with van der Waals surface area (Å²) in [6.45, 7) is 5.64. The highest BCUT2D eigenvalue weighted by atomic mass is 16.5. The summed E-state index contributed by atoms with van der Waals surface area (Å²) in [5.74, 6) is -0.402. The first-order valence-corrected chi connectivity index (χ1v) is 5.61. The summed E-state index contributed by atoms with van der Waals surface area (Å²) >= 11 is 0. The molecule has 0 unspecified atom stereocenters. The second-order valence-corrected chi connectivity index (χ2v) is 4.25. The minimum absolute atomic E-state index is 0.0518. The van der Waals surface area contributed by atoms with Crippen molar-refractivity contribution in [2.45, 2.75) is 6.92 Å². The summed E-state index contributed by atoms with van der Waals surface area (Å²) in [4.78, 5) is 11.9. The Kier molecular flexibility index (Phi) is 3.33. The quantitative estimate of drug-likeness (QED) is 0.663. The van der Waals surface area contributed by atoms with E-state index < -0.39 is 5.97 Å². The maximum absolute atomic E-state index is 11.9. The number of esters is 1. The molecule has 0 spiro atoms. The molecule has 0 atom stereocenters. The van der Waals surface area contributed by atoms with Crippen molar-refractivity contribution in [2.24, 2.45) is 0 Å². The number of hydrogen-bond donors (Lipinski definition) is 1. The number of phenolic OH excluding ortho intramolecular Hbond substituents is 1. The van der Waals surface area contributed by atoms with Gasteiger partial charge >= 0.3 is 5.97 Å². The van der Waals surface area contributed by atoms with Gasteiger partial charge in [-0.15, -0.1) is 0 Å². The molecule has 3 heteroatoms. The van der Waals surface area contributed by atoms with Crippen LogP contribution in [0, 0.1) is 0 Å². The summed E-state index contributed by atoms with van der Waals surface area (Å²) in [7, 11) is 0. The molecule has 0 saturated carbocycles. The summed E-state index contributed by atoms with van der Waals surface area (Å²) < 4.78 is 5.10. The Labute approximate surface area is 105 Å². The first kappa shape index (κ1) is 12.2. The molecule has 0 aliphatic heterocycles. The maximum atomic E-state index is 11.9. The van der Waals surface area contributed by atoms with Crippen molar-refractivity contribution in [3.8, 4) is 5.75 Å². The van der Waals surface area contributed by atoms with Crippen LogP contribution in [0.2, 0.25) is 0 Å². The summed E-state index contributed by atoms with van der Waals surface area (Å²) in [5, 5.41) is 11.2. The largest absolute Gasteiger partial charge is 0.508 e. The SMILES string of the molecule is C=C(C)COC(=O)c1cc(O)cc2ccccc12. The first-order chi connectivity index (χ1) is 8.58. The van der Waals surface area contributed by atoms with Crippen LogP contribution in [-0.4, -0.2) is 17.7 Å². The van der Waals surface area contributed by atoms with Crippen LogP contribution in [0.15, 0.2) is 48.6 Å². The van der Waals surface area contributed by atoms with Crippen LogP contribution in [0.4, 0.5) is 0 Å². The highest BCUT2D eigenvalue weighted by molar-refractivity contribution is 6.05. The van der Waals surface area contributed by atoms with Crippen molar-refractivity contribution in [3.05, 3.63) is 54.1 Å². The molecule has 92 valence electrons. The number of carbonyl (C=O) groups is 1. The molecule has 2 aromatic rings. The fraction of sp³-hybridized carbons (Fsp3) is 0.133. The monoisotopic (exact) mass is 242 g/mol. The molecule has 3 nitrogen and oxygen atoms in total. The number of aromatic hydroxyl groups is 1. The zero-order valence-electron chi connectivity index (χ0n) is 10.1. The molecular weight excluding hydrogens is 228 g/mol. The molecule has 0 saturated heterocycles. The molecule has 0 aliphatic rings. The van der Waals surface area contributed by atoms with Gasteiger partial charge in [0.2, 0.25) is 0 Å². The highest BCUT2D eigenvalue weighted by Gasteiger charge is 2.12. The minimum Gasteiger partial charge on any atom is -0.508 e. The lowest BCUT2D eigenvalue weighted by atomic mass is 10.0. The van der Waals surface area contributed by atoms with Crippen molar-refractivity contribution >= 4 is 16.7 Å². The van der Waals surface area contributed by atoms with E-state index in [0.29, 0.717) is 5.56 Å². The molecule has 0 aromatic heterocycles. The van der Waals surface area contributed by atoms with Crippen molar-refractivity contribution in [2.75, 3.05) is 6.61 Å². The van der Waals surface area contributed by atoms with E-state index in [1.807, 2.05) is 24.3 Å². The van der Waals surface area contributed by atoms with Crippen LogP contribution >= 0.6 is 0 Å². The Bertz CT molecular complexity index is 614. The van der Waals surface area contributed by atoms with Crippen LogP contribution in [0.25, 0.3) is 10.8 Å². The number of benzene rings is 2. The lowest BCUT2D eigenvalue weighted by Gasteiger charge is -2.08. The number of carbonyl (C=O) groups excluding carboxylic acids is 1. The molecule has 1 N–H and O–H groups in total. The Hall–Kier alpha value is -2.29. The van der Waals surface area contributed by atoms with E-state index in [9.17, 15) is 9.90 Å². The Morgan fingerprint density at radius 1 is 1.33 bits per heavy atom. The molecule has 0 radical (unpaired) electrons. The van der Waals surface area contributed by atoms with Crippen LogP contribution in [0.1, 0.15) is 17.3 Å². The van der Waals surface area contributed by atoms with Crippen molar-refractivity contribution in [1.82, 2.24) is 0 Å². The fourth-order valence-corrected chi connectivity index (χ4v) is 1.73. The second kappa shape index (κ2) is 4.92. The highest BCUT2D eigenvalue weighted by Crippen LogP contribution is 2.25. The van der Waals surface area contributed by atoms with Gasteiger partial charge in [-0.3, -0.25) is 0 Å². The third-order valence-electron chi connectivity index (χ3n) is 2.52. The van der Waals surface area contributed by atoms with Gasteiger partial charge in [-0.1, -0.05) is 30.8 Å². The standard InChI is InChI=1S/C15H14O3/c1-10(2)9-18-15(17)14-8-12(16)7-11-5-3-4-6-13(11)14/h3-8,16H,1,9H2,2H3. The van der Waals surface area contributed by atoms with E-state index in [1.54, 1.807) is 13.0 Å². The van der Waals surface area contributed by atoms with E-state index >= 15 is 0 Å². The Morgan fingerprint density at radius 2 is 2.06 bits per heavy atom. The van der Waals surface area contributed by atoms with Crippen LogP contribution < -0.4 is 0 Å². The molecule has 0 aliphatic carbocycles. The van der Waals surface area contributed by atoms with Gasteiger partial charge in [0, 0.05) is 0 Å². The second-order valence-electron chi connectivity index (χ2n) is 4.25. The van der Waals surface area contributed by atoms with Gasteiger partial charge in [-0.05, 0) is 35.4 Å². The van der Waals surface area contributed by atoms with Gasteiger partial charge < -0.3 is 9.84 Å². The predicted molar refractivity (Wildman–Crippen MR) is 70.7 cm³/mol. The third kappa shape index (κ3) is 2.51. The molecular formula is C15H14O3. The average Bonchev–Trinajstić information content (AvgIpc) is 2.34. The van der Waals surface area contributed by atoms with E-state index in [-0.39, 0.29) is 12.4 Å². The van der Waals surface area contributed by atoms with Gasteiger partial charge in [0.1, 0.15) is 12.4 Å². The minimum atomic E-state index is -0.454. The van der Waals surface area contributed by atoms with Crippen LogP contribution in [0.3, 0.4) is 0 Å². The van der Waals surface area contributed by atoms with Gasteiger partial charge in [0.05, 0.1) is 5.56 Å². The van der Waals surface area contributed by atoms with Gasteiger partial charge in [-0.25, -0.2) is 4.79 Å². The molecule has 2 aromatic carbocycles. The van der Waals surface area contributed by atoms with Crippen molar-refractivity contribution < 1.29 is 14.6 Å². The van der Waals surface area contributed by atoms with Gasteiger partial charge in [0.15, 0.2) is 0 Å². The topological polar surface area (TPSA) is 46.5 Å². The van der Waals surface area contributed by atoms with Gasteiger partial charge in [0.25, 0.3) is 0 Å². The van der Waals surface area contributed by atoms with E-state index in [0.717, 1.165) is 16.3 Å². The maximum Gasteiger partial charge on any atom is 0.339 e. The molecule has 0 amide bonds. The predicted octanol–water partition coefficient (Wildman–Crippen LogP) is 3.28. The van der Waals surface area contributed by atoms with Crippen molar-refractivity contribution in [1.29, 1.82) is 0 Å². The molecule has 18 heavy (non-hydrogen) atoms. The van der Waals surface area contributed by atoms with Gasteiger partial charge in [-0.2, -0.15) is 0 Å². The van der Waals surface area contributed by atoms with Crippen molar-refractivity contribution in [3.63, 3.8) is 0 Å². The summed E-state index contributed by atoms with van der Waals surface area (Å²) in [6, 6.07) is 10.4. The summed E-state index contributed by atoms with van der Waals surface area (Å²) in [5.41, 5.74) is 1.14. The zero-order valence-corrected chi connectivity index (χ0v) is 10.1. The van der Waals surface area contributed by atoms with E-state index in [2.05, 4.69) is 6.58 Å². The van der Waals surface area contributed by atoms with E-state index in [1.165, 1.54) is 6.07 Å². The number of fused-ring (bicyclic) bond motifs is 1. The van der Waals surface area contributed by atoms with E-state index in [4.69, 9.17) is 4.74 Å². The number of hydrogen-bond acceptors (Lipinski definition) is 3. The fourth-order valence-electron chi connectivity index (χ4n) is 1.73. The molecule has 2 rings (SSSR count). The normalized spacial score (nSPS) is 10.3. The third-order valence-corrected chi connectivity index (χ3v) is 2.52. The lowest BCUT2D eigenvalue weighted by molar-refractivity contribution is 0.0542. The number of rotatable bonds is 3. The molecule has 0 heterocycles. The Morgan fingerprint density at radius 3 is 2.78 bits per heavy atom. The molecule has 0 bridgehead atoms. The summed E-state index contributed by atoms with van der Waals surface area (Å²) in [6.07, 6.45) is 0.